The number of carbonyl (C=O) groups excluding carboxylic acids is 2. The number of imide groups is 1. The van der Waals surface area contributed by atoms with E-state index >= 15 is 0 Å². The smallest absolute Gasteiger partial charge is 0.290 e. The lowest BCUT2D eigenvalue weighted by atomic mass is 10.2. The molecule has 0 unspecified atom stereocenters. The zero-order valence-corrected chi connectivity index (χ0v) is 11.6. The second kappa shape index (κ2) is 5.19. The third-order valence-corrected chi connectivity index (χ3v) is 3.82. The fourth-order valence-electron chi connectivity index (χ4n) is 1.79. The summed E-state index contributed by atoms with van der Waals surface area (Å²) in [7, 11) is 0. The van der Waals surface area contributed by atoms with E-state index in [0.717, 1.165) is 17.3 Å². The first-order valence-electron chi connectivity index (χ1n) is 5.73. The molecular formula is C14H8ClNO3S. The highest BCUT2D eigenvalue weighted by Crippen LogP contribution is 2.31. The van der Waals surface area contributed by atoms with Crippen LogP contribution in [0.25, 0.3) is 17.4 Å². The lowest BCUT2D eigenvalue weighted by Crippen LogP contribution is -2.17. The van der Waals surface area contributed by atoms with Crippen LogP contribution in [-0.2, 0) is 4.79 Å². The summed E-state index contributed by atoms with van der Waals surface area (Å²) in [4.78, 5) is 22.8. The van der Waals surface area contributed by atoms with Gasteiger partial charge in [-0.15, -0.1) is 0 Å². The average molecular weight is 306 g/mol. The summed E-state index contributed by atoms with van der Waals surface area (Å²) in [6.45, 7) is 0. The molecule has 2 aromatic rings. The Morgan fingerprint density at radius 3 is 2.65 bits per heavy atom. The van der Waals surface area contributed by atoms with E-state index in [1.54, 1.807) is 18.2 Å². The minimum atomic E-state index is -0.407. The molecule has 2 heterocycles. The van der Waals surface area contributed by atoms with Gasteiger partial charge in [-0.2, -0.15) is 0 Å². The minimum Gasteiger partial charge on any atom is -0.457 e. The van der Waals surface area contributed by atoms with Crippen molar-refractivity contribution in [2.24, 2.45) is 0 Å². The molecular weight excluding hydrogens is 298 g/mol. The molecule has 1 aliphatic rings. The van der Waals surface area contributed by atoms with Crippen molar-refractivity contribution in [3.05, 3.63) is 52.1 Å². The summed E-state index contributed by atoms with van der Waals surface area (Å²) in [6, 6.07) is 10.8. The Morgan fingerprint density at radius 2 is 1.95 bits per heavy atom. The molecule has 0 atom stereocenters. The molecule has 100 valence electrons. The predicted molar refractivity (Wildman–Crippen MR) is 78.3 cm³/mol. The van der Waals surface area contributed by atoms with Gasteiger partial charge in [-0.3, -0.25) is 14.9 Å². The molecule has 1 fully saturated rings. The zero-order chi connectivity index (χ0) is 14.1. The Bertz CT molecular complexity index is 736. The van der Waals surface area contributed by atoms with Crippen molar-refractivity contribution in [1.82, 2.24) is 5.32 Å². The Hall–Kier alpha value is -1.98. The summed E-state index contributed by atoms with van der Waals surface area (Å²) in [5.41, 5.74) is 0.776. The first-order valence-corrected chi connectivity index (χ1v) is 6.92. The largest absolute Gasteiger partial charge is 0.457 e. The van der Waals surface area contributed by atoms with Gasteiger partial charge in [-0.05, 0) is 36.0 Å². The van der Waals surface area contributed by atoms with Crippen LogP contribution in [0.15, 0.2) is 45.7 Å². The quantitative estimate of drug-likeness (QED) is 0.854. The van der Waals surface area contributed by atoms with Crippen LogP contribution in [-0.4, -0.2) is 11.1 Å². The van der Waals surface area contributed by atoms with Crippen LogP contribution in [0, 0.1) is 0 Å². The summed E-state index contributed by atoms with van der Waals surface area (Å²) >= 11 is 6.94. The molecule has 1 aliphatic heterocycles. The average Bonchev–Trinajstić information content (AvgIpc) is 2.98. The first kappa shape index (κ1) is 13.0. The number of amides is 2. The van der Waals surface area contributed by atoms with E-state index in [9.17, 15) is 9.59 Å². The highest BCUT2D eigenvalue weighted by atomic mass is 35.5. The number of carbonyl (C=O) groups is 2. The van der Waals surface area contributed by atoms with Crippen LogP contribution in [0.1, 0.15) is 5.76 Å². The van der Waals surface area contributed by atoms with Crippen LogP contribution >= 0.6 is 23.4 Å². The Balaban J connectivity index is 1.92. The zero-order valence-electron chi connectivity index (χ0n) is 10.1. The van der Waals surface area contributed by atoms with E-state index in [4.69, 9.17) is 16.0 Å². The molecule has 2 amide bonds. The maximum absolute atomic E-state index is 11.4. The second-order valence-electron chi connectivity index (χ2n) is 4.03. The number of halogens is 1. The molecule has 1 aromatic carbocycles. The van der Waals surface area contributed by atoms with Crippen molar-refractivity contribution < 1.29 is 14.0 Å². The van der Waals surface area contributed by atoms with Crippen LogP contribution in [0.3, 0.4) is 0 Å². The Labute approximate surface area is 123 Å². The van der Waals surface area contributed by atoms with Gasteiger partial charge in [0.05, 0.1) is 9.93 Å². The molecule has 1 N–H and O–H groups in total. The summed E-state index contributed by atoms with van der Waals surface area (Å²) in [6.07, 6.45) is 1.53. The van der Waals surface area contributed by atoms with Gasteiger partial charge in [-0.1, -0.05) is 23.7 Å². The lowest BCUT2D eigenvalue weighted by molar-refractivity contribution is -0.115. The molecule has 0 aliphatic carbocycles. The van der Waals surface area contributed by atoms with E-state index in [2.05, 4.69) is 5.32 Å². The highest BCUT2D eigenvalue weighted by molar-refractivity contribution is 8.18. The number of benzene rings is 1. The van der Waals surface area contributed by atoms with Crippen molar-refractivity contribution in [3.63, 3.8) is 0 Å². The van der Waals surface area contributed by atoms with Crippen molar-refractivity contribution in [2.75, 3.05) is 0 Å². The topological polar surface area (TPSA) is 59.3 Å². The van der Waals surface area contributed by atoms with Gasteiger partial charge in [0.1, 0.15) is 11.5 Å². The number of hydrogen-bond acceptors (Lipinski definition) is 4. The Morgan fingerprint density at radius 1 is 1.15 bits per heavy atom. The van der Waals surface area contributed by atoms with Gasteiger partial charge in [0.15, 0.2) is 0 Å². The van der Waals surface area contributed by atoms with E-state index in [1.807, 2.05) is 18.2 Å². The maximum Gasteiger partial charge on any atom is 0.290 e. The normalized spacial score (nSPS) is 16.8. The van der Waals surface area contributed by atoms with E-state index in [0.29, 0.717) is 21.4 Å². The van der Waals surface area contributed by atoms with Crippen molar-refractivity contribution in [2.45, 2.75) is 0 Å². The summed E-state index contributed by atoms with van der Waals surface area (Å²) in [5.74, 6) is 0.695. The van der Waals surface area contributed by atoms with E-state index < -0.39 is 5.91 Å². The molecule has 1 saturated heterocycles. The number of rotatable bonds is 2. The third kappa shape index (κ3) is 2.50. The fourth-order valence-corrected chi connectivity index (χ4v) is 2.68. The van der Waals surface area contributed by atoms with Gasteiger partial charge >= 0.3 is 0 Å². The van der Waals surface area contributed by atoms with Gasteiger partial charge in [0.2, 0.25) is 0 Å². The summed E-state index contributed by atoms with van der Waals surface area (Å²) in [5, 5.41) is 2.40. The van der Waals surface area contributed by atoms with Crippen LogP contribution in [0.4, 0.5) is 4.79 Å². The lowest BCUT2D eigenvalue weighted by Gasteiger charge is -1.99. The molecule has 1 aromatic heterocycles. The number of furan rings is 1. The molecule has 20 heavy (non-hydrogen) atoms. The van der Waals surface area contributed by atoms with Crippen LogP contribution in [0.5, 0.6) is 0 Å². The van der Waals surface area contributed by atoms with Crippen molar-refractivity contribution in [3.8, 4) is 11.3 Å². The highest BCUT2D eigenvalue weighted by Gasteiger charge is 2.25. The molecule has 4 nitrogen and oxygen atoms in total. The minimum absolute atomic E-state index is 0.315. The van der Waals surface area contributed by atoms with Crippen LogP contribution < -0.4 is 5.32 Å². The molecule has 0 radical (unpaired) electrons. The molecule has 0 bridgehead atoms. The van der Waals surface area contributed by atoms with Gasteiger partial charge < -0.3 is 4.42 Å². The molecule has 0 spiro atoms. The summed E-state index contributed by atoms with van der Waals surface area (Å²) < 4.78 is 5.63. The van der Waals surface area contributed by atoms with Crippen molar-refractivity contribution in [1.29, 1.82) is 0 Å². The number of thioether (sulfide) groups is 1. The first-order chi connectivity index (χ1) is 9.63. The number of nitrogens with one attached hydrogen (secondary N) is 1. The number of hydrogen-bond donors (Lipinski definition) is 1. The van der Waals surface area contributed by atoms with E-state index in [-0.39, 0.29) is 5.24 Å². The maximum atomic E-state index is 11.4. The fraction of sp³-hybridized carbons (Fsp3) is 0. The molecule has 3 rings (SSSR count). The van der Waals surface area contributed by atoms with Crippen molar-refractivity contribution >= 4 is 40.6 Å². The standard InChI is InChI=1S/C14H8ClNO3S/c15-10-4-2-1-3-9(10)11-6-5-8(19-11)7-12-13(17)16-14(18)20-12/h1-7H,(H,16,17,18)/b12-7-. The van der Waals surface area contributed by atoms with Gasteiger partial charge in [-0.25, -0.2) is 0 Å². The second-order valence-corrected chi connectivity index (χ2v) is 5.46. The van der Waals surface area contributed by atoms with Gasteiger partial charge in [0, 0.05) is 11.6 Å². The molecule has 0 saturated carbocycles. The third-order valence-electron chi connectivity index (χ3n) is 2.68. The van der Waals surface area contributed by atoms with Crippen LogP contribution in [0.2, 0.25) is 5.02 Å². The predicted octanol–water partition coefficient (Wildman–Crippen LogP) is 3.92. The van der Waals surface area contributed by atoms with Gasteiger partial charge in [0.25, 0.3) is 11.1 Å². The molecule has 6 heteroatoms. The monoisotopic (exact) mass is 305 g/mol. The van der Waals surface area contributed by atoms with E-state index in [1.165, 1.54) is 6.08 Å². The Kier molecular flexibility index (Phi) is 3.38. The SMILES string of the molecule is O=C1NC(=O)/C(=C/c2ccc(-c3ccccc3Cl)o2)S1.